The third kappa shape index (κ3) is 3.92. The zero-order chi connectivity index (χ0) is 18.0. The van der Waals surface area contributed by atoms with Crippen LogP contribution in [0.25, 0.3) is 0 Å². The highest BCUT2D eigenvalue weighted by Crippen LogP contribution is 2.57. The molecule has 2 aliphatic carbocycles. The van der Waals surface area contributed by atoms with E-state index in [1.54, 1.807) is 0 Å². The molecule has 1 heterocycles. The topological polar surface area (TPSA) is 54.9 Å². The van der Waals surface area contributed by atoms with Crippen LogP contribution in [0.2, 0.25) is 0 Å². The lowest BCUT2D eigenvalue weighted by atomic mass is 9.51. The van der Waals surface area contributed by atoms with Crippen molar-refractivity contribution in [1.82, 2.24) is 10.6 Å². The Morgan fingerprint density at radius 1 is 1.26 bits per heavy atom. The lowest BCUT2D eigenvalue weighted by Gasteiger charge is -2.61. The summed E-state index contributed by atoms with van der Waals surface area (Å²) < 4.78 is 11.8. The quantitative estimate of drug-likeness (QED) is 0.376. The molecule has 2 N–H and O–H groups in total. The molecule has 2 saturated carbocycles. The van der Waals surface area contributed by atoms with Gasteiger partial charge in [0.15, 0.2) is 5.96 Å². The number of fused-ring (bicyclic) bond motifs is 1. The number of para-hydroxylation sites is 1. The second-order valence-corrected chi connectivity index (χ2v) is 7.66. The highest BCUT2D eigenvalue weighted by molar-refractivity contribution is 14.0. The van der Waals surface area contributed by atoms with Crippen LogP contribution in [0.5, 0.6) is 5.75 Å². The van der Waals surface area contributed by atoms with Gasteiger partial charge in [-0.25, -0.2) is 0 Å². The Morgan fingerprint density at radius 3 is 2.78 bits per heavy atom. The van der Waals surface area contributed by atoms with Gasteiger partial charge in [-0.15, -0.1) is 24.0 Å². The van der Waals surface area contributed by atoms with E-state index in [0.29, 0.717) is 17.6 Å². The van der Waals surface area contributed by atoms with Crippen LogP contribution < -0.4 is 15.4 Å². The lowest BCUT2D eigenvalue weighted by molar-refractivity contribution is -0.168. The van der Waals surface area contributed by atoms with Gasteiger partial charge >= 0.3 is 0 Å². The molecule has 3 aliphatic rings. The van der Waals surface area contributed by atoms with E-state index in [0.717, 1.165) is 44.3 Å². The van der Waals surface area contributed by atoms with Gasteiger partial charge in [-0.05, 0) is 39.2 Å². The molecule has 27 heavy (non-hydrogen) atoms. The summed E-state index contributed by atoms with van der Waals surface area (Å²) in [6.45, 7) is 6.51. The molecular weight excluding hydrogens is 453 g/mol. The van der Waals surface area contributed by atoms with E-state index in [9.17, 15) is 0 Å². The van der Waals surface area contributed by atoms with Crippen molar-refractivity contribution >= 4 is 29.9 Å². The highest BCUT2D eigenvalue weighted by Gasteiger charge is 2.59. The second-order valence-electron chi connectivity index (χ2n) is 7.66. The summed E-state index contributed by atoms with van der Waals surface area (Å²) in [6.07, 6.45) is 6.33. The van der Waals surface area contributed by atoms with Gasteiger partial charge in [0.1, 0.15) is 5.75 Å². The van der Waals surface area contributed by atoms with Crippen molar-refractivity contribution in [3.63, 3.8) is 0 Å². The summed E-state index contributed by atoms with van der Waals surface area (Å²) in [6, 6.07) is 9.03. The van der Waals surface area contributed by atoms with Crippen molar-refractivity contribution in [1.29, 1.82) is 0 Å². The zero-order valence-corrected chi connectivity index (χ0v) is 18.7. The SMILES string of the molecule is CCN=C(NC1CCOc2ccccc21)NC1CC(OCC)C12CCC2.I. The number of hydrogen-bond acceptors (Lipinski definition) is 3. The Labute approximate surface area is 179 Å². The third-order valence-electron chi connectivity index (χ3n) is 6.33. The standard InChI is InChI=1S/C21H31N3O2.HI/c1-3-22-20(23-16-10-13-26-17-9-6-5-8-15(16)17)24-18-14-19(25-4-2)21(18)11-7-12-21;/h5-6,8-9,16,18-19H,3-4,7,10-14H2,1-2H3,(H2,22,23,24);1H. The molecule has 1 spiro atoms. The van der Waals surface area contributed by atoms with Gasteiger partial charge in [0, 0.05) is 36.6 Å². The number of nitrogens with zero attached hydrogens (tertiary/aromatic N) is 1. The molecule has 5 nitrogen and oxygen atoms in total. The summed E-state index contributed by atoms with van der Waals surface area (Å²) in [5.41, 5.74) is 1.56. The van der Waals surface area contributed by atoms with Gasteiger partial charge in [0.2, 0.25) is 0 Å². The Kier molecular flexibility index (Phi) is 6.89. The fourth-order valence-electron chi connectivity index (χ4n) is 4.75. The molecule has 0 saturated heterocycles. The highest BCUT2D eigenvalue weighted by atomic mass is 127. The van der Waals surface area contributed by atoms with Crippen LogP contribution in [-0.2, 0) is 4.74 Å². The maximum Gasteiger partial charge on any atom is 0.191 e. The van der Waals surface area contributed by atoms with Gasteiger partial charge in [0.05, 0.1) is 18.8 Å². The van der Waals surface area contributed by atoms with Crippen molar-refractivity contribution < 1.29 is 9.47 Å². The number of aliphatic imine (C=N–C) groups is 1. The first-order valence-electron chi connectivity index (χ1n) is 10.2. The number of benzene rings is 1. The van der Waals surface area contributed by atoms with Crippen LogP contribution in [0, 0.1) is 5.41 Å². The van der Waals surface area contributed by atoms with Crippen LogP contribution in [0.4, 0.5) is 0 Å². The van der Waals surface area contributed by atoms with Crippen molar-refractivity contribution in [2.24, 2.45) is 10.4 Å². The number of halogens is 1. The number of rotatable bonds is 5. The van der Waals surface area contributed by atoms with Crippen LogP contribution in [0.1, 0.15) is 57.6 Å². The number of ether oxygens (including phenoxy) is 2. The van der Waals surface area contributed by atoms with Crippen molar-refractivity contribution in [2.45, 2.75) is 64.1 Å². The van der Waals surface area contributed by atoms with Gasteiger partial charge in [-0.3, -0.25) is 4.99 Å². The molecule has 4 rings (SSSR count). The molecule has 0 aromatic heterocycles. The van der Waals surface area contributed by atoms with E-state index in [1.165, 1.54) is 24.8 Å². The minimum atomic E-state index is 0. The summed E-state index contributed by atoms with van der Waals surface area (Å²) in [5.74, 6) is 1.92. The zero-order valence-electron chi connectivity index (χ0n) is 16.4. The monoisotopic (exact) mass is 485 g/mol. The molecule has 6 heteroatoms. The van der Waals surface area contributed by atoms with E-state index < -0.39 is 0 Å². The summed E-state index contributed by atoms with van der Waals surface area (Å²) in [4.78, 5) is 4.72. The Hall–Kier alpha value is -1.02. The molecule has 3 atom stereocenters. The van der Waals surface area contributed by atoms with Crippen LogP contribution in [-0.4, -0.2) is 37.9 Å². The molecule has 1 aromatic rings. The fraction of sp³-hybridized carbons (Fsp3) is 0.667. The fourth-order valence-corrected chi connectivity index (χ4v) is 4.75. The predicted octanol–water partition coefficient (Wildman–Crippen LogP) is 4.03. The van der Waals surface area contributed by atoms with E-state index in [4.69, 9.17) is 14.5 Å². The van der Waals surface area contributed by atoms with Crippen LogP contribution in [0.3, 0.4) is 0 Å². The van der Waals surface area contributed by atoms with Gasteiger partial charge in [-0.1, -0.05) is 24.6 Å². The normalized spacial score (nSPS) is 28.1. The molecule has 2 fully saturated rings. The second kappa shape index (κ2) is 8.99. The number of guanidine groups is 1. The van der Waals surface area contributed by atoms with E-state index in [-0.39, 0.29) is 30.0 Å². The summed E-state index contributed by atoms with van der Waals surface area (Å²) in [7, 11) is 0. The van der Waals surface area contributed by atoms with Crippen molar-refractivity contribution in [2.75, 3.05) is 19.8 Å². The van der Waals surface area contributed by atoms with Gasteiger partial charge in [0.25, 0.3) is 0 Å². The molecule has 0 radical (unpaired) electrons. The smallest absolute Gasteiger partial charge is 0.191 e. The molecule has 1 aromatic carbocycles. The van der Waals surface area contributed by atoms with E-state index >= 15 is 0 Å². The average Bonchev–Trinajstić information content (AvgIpc) is 2.60. The predicted molar refractivity (Wildman–Crippen MR) is 119 cm³/mol. The Morgan fingerprint density at radius 2 is 2.07 bits per heavy atom. The Bertz CT molecular complexity index is 663. The molecule has 3 unspecified atom stereocenters. The number of hydrogen-bond donors (Lipinski definition) is 2. The maximum atomic E-state index is 5.99. The first-order valence-corrected chi connectivity index (χ1v) is 10.2. The third-order valence-corrected chi connectivity index (χ3v) is 6.33. The van der Waals surface area contributed by atoms with Crippen LogP contribution in [0.15, 0.2) is 29.3 Å². The minimum absolute atomic E-state index is 0. The molecule has 0 amide bonds. The molecule has 150 valence electrons. The van der Waals surface area contributed by atoms with Gasteiger partial charge < -0.3 is 20.1 Å². The molecule has 1 aliphatic heterocycles. The summed E-state index contributed by atoms with van der Waals surface area (Å²) in [5, 5.41) is 7.39. The number of nitrogens with one attached hydrogen (secondary N) is 2. The molecule has 0 bridgehead atoms. The first kappa shape index (κ1) is 20.7. The van der Waals surface area contributed by atoms with E-state index in [2.05, 4.69) is 42.7 Å². The van der Waals surface area contributed by atoms with Crippen molar-refractivity contribution in [3.8, 4) is 5.75 Å². The average molecular weight is 485 g/mol. The Balaban J connectivity index is 0.00000210. The van der Waals surface area contributed by atoms with Crippen molar-refractivity contribution in [3.05, 3.63) is 29.8 Å². The molecular formula is C21H32IN3O2. The minimum Gasteiger partial charge on any atom is -0.493 e. The largest absolute Gasteiger partial charge is 0.493 e. The van der Waals surface area contributed by atoms with Crippen LogP contribution >= 0.6 is 24.0 Å². The maximum absolute atomic E-state index is 5.99. The summed E-state index contributed by atoms with van der Waals surface area (Å²) >= 11 is 0. The first-order chi connectivity index (χ1) is 12.8. The van der Waals surface area contributed by atoms with E-state index in [1.807, 2.05) is 6.07 Å². The van der Waals surface area contributed by atoms with Gasteiger partial charge in [-0.2, -0.15) is 0 Å². The lowest BCUT2D eigenvalue weighted by Crippen LogP contribution is -2.68.